The lowest BCUT2D eigenvalue weighted by Crippen LogP contribution is -2.40. The molecule has 1 heterocycles. The third-order valence-corrected chi connectivity index (χ3v) is 3.63. The monoisotopic (exact) mass is 281 g/mol. The Morgan fingerprint density at radius 2 is 2.05 bits per heavy atom. The smallest absolute Gasteiger partial charge is 0.323 e. The van der Waals surface area contributed by atoms with Gasteiger partial charge in [0.25, 0.3) is 0 Å². The molecule has 2 atom stereocenters. The Morgan fingerprint density at radius 3 is 2.60 bits per heavy atom. The number of esters is 1. The number of unbranched alkanes of at least 4 members (excludes halogenated alkanes) is 2. The van der Waals surface area contributed by atoms with Gasteiger partial charge in [0, 0.05) is 6.54 Å². The molecular formula is C17H31NO2. The van der Waals surface area contributed by atoms with Crippen LogP contribution in [0.4, 0.5) is 0 Å². The van der Waals surface area contributed by atoms with Crippen LogP contribution < -0.4 is 0 Å². The van der Waals surface area contributed by atoms with E-state index in [0.29, 0.717) is 5.92 Å². The van der Waals surface area contributed by atoms with Crippen molar-refractivity contribution in [1.29, 1.82) is 0 Å². The summed E-state index contributed by atoms with van der Waals surface area (Å²) in [6.07, 6.45) is 8.81. The molecule has 3 nitrogen and oxygen atoms in total. The first-order valence-corrected chi connectivity index (χ1v) is 7.97. The van der Waals surface area contributed by atoms with Crippen molar-refractivity contribution in [2.75, 3.05) is 13.1 Å². The zero-order valence-electron chi connectivity index (χ0n) is 13.8. The van der Waals surface area contributed by atoms with Crippen molar-refractivity contribution in [3.8, 4) is 0 Å². The first kappa shape index (κ1) is 17.2. The predicted molar refractivity (Wildman–Crippen MR) is 83.7 cm³/mol. The number of nitrogens with zero attached hydrogens (tertiary/aromatic N) is 1. The lowest BCUT2D eigenvalue weighted by atomic mass is 10.1. The van der Waals surface area contributed by atoms with Gasteiger partial charge in [0.15, 0.2) is 0 Å². The summed E-state index contributed by atoms with van der Waals surface area (Å²) in [5.74, 6) is 0.431. The number of ether oxygens (including phenoxy) is 1. The molecule has 2 unspecified atom stereocenters. The number of allylic oxidation sites excluding steroid dienone is 1. The molecule has 20 heavy (non-hydrogen) atoms. The van der Waals surface area contributed by atoms with E-state index in [-0.39, 0.29) is 12.0 Å². The minimum atomic E-state index is -0.398. The second kappa shape index (κ2) is 7.82. The van der Waals surface area contributed by atoms with Gasteiger partial charge in [0.2, 0.25) is 0 Å². The average Bonchev–Trinajstić information content (AvgIpc) is 2.71. The Labute approximate surface area is 124 Å². The molecule has 1 saturated heterocycles. The molecule has 1 aliphatic rings. The second-order valence-corrected chi connectivity index (χ2v) is 6.77. The van der Waals surface area contributed by atoms with Gasteiger partial charge in [-0.3, -0.25) is 9.69 Å². The quantitative estimate of drug-likeness (QED) is 0.421. The van der Waals surface area contributed by atoms with Gasteiger partial charge in [0.05, 0.1) is 0 Å². The van der Waals surface area contributed by atoms with Gasteiger partial charge in [-0.2, -0.15) is 0 Å². The van der Waals surface area contributed by atoms with Crippen molar-refractivity contribution in [2.45, 2.75) is 71.9 Å². The molecule has 3 heteroatoms. The Hall–Kier alpha value is -0.830. The van der Waals surface area contributed by atoms with Crippen LogP contribution in [-0.4, -0.2) is 35.6 Å². The van der Waals surface area contributed by atoms with Crippen LogP contribution in [0.15, 0.2) is 12.2 Å². The van der Waals surface area contributed by atoms with Crippen molar-refractivity contribution < 1.29 is 9.53 Å². The fraction of sp³-hybridized carbons (Fsp3) is 0.824. The van der Waals surface area contributed by atoms with Gasteiger partial charge in [-0.15, -0.1) is 0 Å². The lowest BCUT2D eigenvalue weighted by Gasteiger charge is -2.27. The van der Waals surface area contributed by atoms with Crippen LogP contribution in [-0.2, 0) is 9.53 Å². The van der Waals surface area contributed by atoms with Crippen molar-refractivity contribution in [3.63, 3.8) is 0 Å². The topological polar surface area (TPSA) is 29.5 Å². The fourth-order valence-electron chi connectivity index (χ4n) is 2.78. The molecule has 0 amide bonds. The molecule has 0 bridgehead atoms. The Bertz CT molecular complexity index is 330. The zero-order chi connectivity index (χ0) is 15.2. The molecule has 1 rings (SSSR count). The van der Waals surface area contributed by atoms with Gasteiger partial charge in [-0.25, -0.2) is 0 Å². The van der Waals surface area contributed by atoms with E-state index < -0.39 is 5.60 Å². The highest BCUT2D eigenvalue weighted by molar-refractivity contribution is 5.76. The summed E-state index contributed by atoms with van der Waals surface area (Å²) < 4.78 is 5.58. The van der Waals surface area contributed by atoms with E-state index in [0.717, 1.165) is 19.5 Å². The van der Waals surface area contributed by atoms with Crippen LogP contribution in [0.2, 0.25) is 0 Å². The molecule has 0 spiro atoms. The molecule has 116 valence electrons. The van der Waals surface area contributed by atoms with Crippen molar-refractivity contribution in [1.82, 2.24) is 4.90 Å². The van der Waals surface area contributed by atoms with Gasteiger partial charge in [0.1, 0.15) is 11.6 Å². The molecule has 0 aromatic heterocycles. The summed E-state index contributed by atoms with van der Waals surface area (Å²) in [4.78, 5) is 14.7. The third-order valence-electron chi connectivity index (χ3n) is 3.63. The van der Waals surface area contributed by atoms with Crippen LogP contribution in [0.1, 0.15) is 60.3 Å². The SMILES string of the molecule is C/C=C\C1CC(C(=O)OC(C)(C)C)N(CCCCC)C1. The number of carbonyl (C=O) groups is 1. The molecule has 1 fully saturated rings. The molecule has 0 N–H and O–H groups in total. The van der Waals surface area contributed by atoms with Gasteiger partial charge in [-0.05, 0) is 53.0 Å². The summed E-state index contributed by atoms with van der Waals surface area (Å²) in [5.41, 5.74) is -0.398. The van der Waals surface area contributed by atoms with Crippen LogP contribution in [0.3, 0.4) is 0 Å². The standard InChI is InChI=1S/C17H31NO2/c1-6-8-9-11-18-13-14(10-7-2)12-15(18)16(19)20-17(3,4)5/h7,10,14-15H,6,8-9,11-13H2,1-5H3/b10-7-. The largest absolute Gasteiger partial charge is 0.459 e. The number of likely N-dealkylation sites (tertiary alicyclic amines) is 1. The number of rotatable bonds is 6. The highest BCUT2D eigenvalue weighted by Gasteiger charge is 2.37. The maximum absolute atomic E-state index is 12.4. The number of hydrogen-bond acceptors (Lipinski definition) is 3. The minimum absolute atomic E-state index is 0.0546. The molecule has 0 saturated carbocycles. The van der Waals surface area contributed by atoms with Crippen molar-refractivity contribution in [3.05, 3.63) is 12.2 Å². The average molecular weight is 281 g/mol. The molecular weight excluding hydrogens is 250 g/mol. The van der Waals surface area contributed by atoms with E-state index >= 15 is 0 Å². The Morgan fingerprint density at radius 1 is 1.35 bits per heavy atom. The summed E-state index contributed by atoms with van der Waals surface area (Å²) in [6, 6.07) is -0.0627. The highest BCUT2D eigenvalue weighted by Crippen LogP contribution is 2.27. The maximum atomic E-state index is 12.4. The second-order valence-electron chi connectivity index (χ2n) is 6.77. The van der Waals surface area contributed by atoms with E-state index in [1.165, 1.54) is 19.3 Å². The molecule has 0 aromatic carbocycles. The van der Waals surface area contributed by atoms with Gasteiger partial charge in [-0.1, -0.05) is 31.9 Å². The number of hydrogen-bond donors (Lipinski definition) is 0. The van der Waals surface area contributed by atoms with E-state index in [1.54, 1.807) is 0 Å². The van der Waals surface area contributed by atoms with Crippen LogP contribution in [0, 0.1) is 5.92 Å². The maximum Gasteiger partial charge on any atom is 0.323 e. The predicted octanol–water partition coefficient (Wildman–Crippen LogP) is 3.78. The Kier molecular flexibility index (Phi) is 6.74. The van der Waals surface area contributed by atoms with E-state index in [1.807, 2.05) is 27.7 Å². The van der Waals surface area contributed by atoms with Crippen LogP contribution in [0.5, 0.6) is 0 Å². The lowest BCUT2D eigenvalue weighted by molar-refractivity contribution is -0.160. The van der Waals surface area contributed by atoms with E-state index in [2.05, 4.69) is 24.0 Å². The van der Waals surface area contributed by atoms with Crippen LogP contribution >= 0.6 is 0 Å². The molecule has 0 aliphatic carbocycles. The molecule has 1 aliphatic heterocycles. The Balaban J connectivity index is 2.64. The van der Waals surface area contributed by atoms with Gasteiger partial charge < -0.3 is 4.74 Å². The molecule has 0 radical (unpaired) electrons. The van der Waals surface area contributed by atoms with Gasteiger partial charge >= 0.3 is 5.97 Å². The number of carbonyl (C=O) groups excluding carboxylic acids is 1. The van der Waals surface area contributed by atoms with E-state index in [4.69, 9.17) is 4.74 Å². The third kappa shape index (κ3) is 5.66. The van der Waals surface area contributed by atoms with E-state index in [9.17, 15) is 4.79 Å². The zero-order valence-corrected chi connectivity index (χ0v) is 13.8. The first-order chi connectivity index (χ1) is 9.37. The fourth-order valence-corrected chi connectivity index (χ4v) is 2.78. The first-order valence-electron chi connectivity index (χ1n) is 7.97. The molecule has 0 aromatic rings. The summed E-state index contributed by atoms with van der Waals surface area (Å²) in [6.45, 7) is 12.0. The highest BCUT2D eigenvalue weighted by atomic mass is 16.6. The normalized spacial score (nSPS) is 24.4. The summed E-state index contributed by atoms with van der Waals surface area (Å²) in [5, 5.41) is 0. The minimum Gasteiger partial charge on any atom is -0.459 e. The van der Waals surface area contributed by atoms with Crippen molar-refractivity contribution >= 4 is 5.97 Å². The van der Waals surface area contributed by atoms with Crippen molar-refractivity contribution in [2.24, 2.45) is 5.92 Å². The van der Waals surface area contributed by atoms with Crippen LogP contribution in [0.25, 0.3) is 0 Å². The summed E-state index contributed by atoms with van der Waals surface area (Å²) >= 11 is 0. The summed E-state index contributed by atoms with van der Waals surface area (Å²) in [7, 11) is 0.